The number of methoxy groups -OCH3 is 1. The summed E-state index contributed by atoms with van der Waals surface area (Å²) in [6.45, 7) is 0.784. The maximum absolute atomic E-state index is 12.0. The van der Waals surface area contributed by atoms with E-state index in [0.717, 1.165) is 23.0 Å². The van der Waals surface area contributed by atoms with Crippen LogP contribution in [0, 0.1) is 0 Å². The van der Waals surface area contributed by atoms with Crippen molar-refractivity contribution in [2.45, 2.75) is 25.3 Å². The molecular weight excluding hydrogens is 336 g/mol. The van der Waals surface area contributed by atoms with Gasteiger partial charge in [0.15, 0.2) is 0 Å². The molecule has 2 N–H and O–H groups in total. The fraction of sp³-hybridized carbons (Fsp3) is 0.467. The molecule has 0 radical (unpaired) electrons. The molecule has 0 saturated heterocycles. The Morgan fingerprint density at radius 3 is 2.76 bits per heavy atom. The zero-order chi connectivity index (χ0) is 15.7. The number of benzene rings is 1. The molecule has 0 bridgehead atoms. The van der Waals surface area contributed by atoms with E-state index in [1.807, 2.05) is 31.3 Å². The van der Waals surface area contributed by atoms with Gasteiger partial charge in [0.05, 0.1) is 19.6 Å². The van der Waals surface area contributed by atoms with E-state index in [2.05, 4.69) is 26.6 Å². The van der Waals surface area contributed by atoms with Crippen LogP contribution < -0.4 is 10.6 Å². The third kappa shape index (κ3) is 6.73. The van der Waals surface area contributed by atoms with E-state index in [4.69, 9.17) is 4.74 Å². The predicted octanol–water partition coefficient (Wildman–Crippen LogP) is 2.17. The second-order valence-electron chi connectivity index (χ2n) is 4.66. The minimum absolute atomic E-state index is 0.0703. The summed E-state index contributed by atoms with van der Waals surface area (Å²) >= 11 is 3.39. The molecule has 0 spiro atoms. The van der Waals surface area contributed by atoms with Crippen LogP contribution in [-0.4, -0.2) is 32.6 Å². The SMILES string of the molecule is CNCCCC(=O)NC(CC(=O)OC)c1cccc(Br)c1. The van der Waals surface area contributed by atoms with Gasteiger partial charge in [-0.1, -0.05) is 28.1 Å². The van der Waals surface area contributed by atoms with Gasteiger partial charge in [0.2, 0.25) is 5.91 Å². The first kappa shape index (κ1) is 17.7. The van der Waals surface area contributed by atoms with Gasteiger partial charge in [0.25, 0.3) is 0 Å². The molecule has 116 valence electrons. The van der Waals surface area contributed by atoms with Crippen LogP contribution in [0.2, 0.25) is 0 Å². The minimum atomic E-state index is -0.378. The van der Waals surface area contributed by atoms with Gasteiger partial charge in [-0.15, -0.1) is 0 Å². The Bertz CT molecular complexity index is 480. The first-order valence-corrected chi connectivity index (χ1v) is 7.62. The molecule has 1 aromatic carbocycles. The van der Waals surface area contributed by atoms with Gasteiger partial charge in [-0.05, 0) is 37.7 Å². The zero-order valence-corrected chi connectivity index (χ0v) is 13.9. The molecule has 0 aliphatic carbocycles. The van der Waals surface area contributed by atoms with Crippen LogP contribution in [0.15, 0.2) is 28.7 Å². The normalized spacial score (nSPS) is 11.8. The number of nitrogens with one attached hydrogen (secondary N) is 2. The van der Waals surface area contributed by atoms with Crippen molar-refractivity contribution in [3.8, 4) is 0 Å². The van der Waals surface area contributed by atoms with Crippen LogP contribution in [0.1, 0.15) is 30.9 Å². The van der Waals surface area contributed by atoms with Crippen molar-refractivity contribution in [2.24, 2.45) is 0 Å². The summed E-state index contributed by atoms with van der Waals surface area (Å²) in [5, 5.41) is 5.89. The highest BCUT2D eigenvalue weighted by Crippen LogP contribution is 2.21. The summed E-state index contributed by atoms with van der Waals surface area (Å²) in [4.78, 5) is 23.5. The Labute approximate surface area is 133 Å². The molecule has 1 unspecified atom stereocenters. The Balaban J connectivity index is 2.73. The molecular formula is C15H21BrN2O3. The lowest BCUT2D eigenvalue weighted by Crippen LogP contribution is -2.30. The molecule has 1 rings (SSSR count). The van der Waals surface area contributed by atoms with Gasteiger partial charge < -0.3 is 15.4 Å². The van der Waals surface area contributed by atoms with Crippen molar-refractivity contribution in [3.63, 3.8) is 0 Å². The largest absolute Gasteiger partial charge is 0.469 e. The van der Waals surface area contributed by atoms with Crippen LogP contribution in [-0.2, 0) is 14.3 Å². The van der Waals surface area contributed by atoms with Crippen LogP contribution in [0.3, 0.4) is 0 Å². The number of halogens is 1. The monoisotopic (exact) mass is 356 g/mol. The lowest BCUT2D eigenvalue weighted by molar-refractivity contribution is -0.141. The number of hydrogen-bond donors (Lipinski definition) is 2. The Hall–Kier alpha value is -1.40. The summed E-state index contributed by atoms with van der Waals surface area (Å²) < 4.78 is 5.60. The Morgan fingerprint density at radius 1 is 1.38 bits per heavy atom. The van der Waals surface area contributed by atoms with Crippen molar-refractivity contribution in [3.05, 3.63) is 34.3 Å². The average molecular weight is 357 g/mol. The molecule has 0 fully saturated rings. The molecule has 1 amide bonds. The van der Waals surface area contributed by atoms with Crippen molar-refractivity contribution in [1.29, 1.82) is 0 Å². The Morgan fingerprint density at radius 2 is 2.14 bits per heavy atom. The highest BCUT2D eigenvalue weighted by molar-refractivity contribution is 9.10. The zero-order valence-electron chi connectivity index (χ0n) is 12.3. The molecule has 5 nitrogen and oxygen atoms in total. The first-order valence-electron chi connectivity index (χ1n) is 6.83. The number of carbonyl (C=O) groups is 2. The molecule has 6 heteroatoms. The highest BCUT2D eigenvalue weighted by Gasteiger charge is 2.18. The van der Waals surface area contributed by atoms with Crippen molar-refractivity contribution in [1.82, 2.24) is 10.6 Å². The summed E-state index contributed by atoms with van der Waals surface area (Å²) in [6, 6.07) is 7.16. The smallest absolute Gasteiger partial charge is 0.307 e. The number of esters is 1. The van der Waals surface area contributed by atoms with E-state index < -0.39 is 0 Å². The predicted molar refractivity (Wildman–Crippen MR) is 84.8 cm³/mol. The van der Waals surface area contributed by atoms with Crippen molar-refractivity contribution >= 4 is 27.8 Å². The second-order valence-corrected chi connectivity index (χ2v) is 5.58. The van der Waals surface area contributed by atoms with Gasteiger partial charge in [-0.2, -0.15) is 0 Å². The molecule has 1 atom stereocenters. The standard InChI is InChI=1S/C15H21BrN2O3/c1-17-8-4-7-14(19)18-13(10-15(20)21-2)11-5-3-6-12(16)9-11/h3,5-6,9,13,17H,4,7-8,10H2,1-2H3,(H,18,19). The maximum Gasteiger partial charge on any atom is 0.307 e. The fourth-order valence-electron chi connectivity index (χ4n) is 1.92. The van der Waals surface area contributed by atoms with E-state index in [1.54, 1.807) is 0 Å². The van der Waals surface area contributed by atoms with Gasteiger partial charge in [0.1, 0.15) is 0 Å². The molecule has 0 saturated carbocycles. The van der Waals surface area contributed by atoms with Gasteiger partial charge in [0, 0.05) is 10.9 Å². The molecule has 0 aromatic heterocycles. The van der Waals surface area contributed by atoms with E-state index in [-0.39, 0.29) is 24.3 Å². The minimum Gasteiger partial charge on any atom is -0.469 e. The summed E-state index contributed by atoms with van der Waals surface area (Å²) in [5.74, 6) is -0.422. The van der Waals surface area contributed by atoms with Crippen LogP contribution in [0.4, 0.5) is 0 Å². The number of ether oxygens (including phenoxy) is 1. The summed E-state index contributed by atoms with van der Waals surface area (Å²) in [5.41, 5.74) is 0.872. The molecule has 0 heterocycles. The van der Waals surface area contributed by atoms with Crippen LogP contribution in [0.25, 0.3) is 0 Å². The molecule has 21 heavy (non-hydrogen) atoms. The topological polar surface area (TPSA) is 67.4 Å². The van der Waals surface area contributed by atoms with Gasteiger partial charge in [-0.3, -0.25) is 9.59 Å². The number of rotatable bonds is 8. The van der Waals surface area contributed by atoms with Crippen LogP contribution in [0.5, 0.6) is 0 Å². The maximum atomic E-state index is 12.0. The summed E-state index contributed by atoms with van der Waals surface area (Å²) in [6.07, 6.45) is 1.29. The average Bonchev–Trinajstić information content (AvgIpc) is 2.46. The van der Waals surface area contributed by atoms with Crippen LogP contribution >= 0.6 is 15.9 Å². The molecule has 0 aliphatic rings. The van der Waals surface area contributed by atoms with Crippen molar-refractivity contribution in [2.75, 3.05) is 20.7 Å². The molecule has 1 aromatic rings. The van der Waals surface area contributed by atoms with E-state index >= 15 is 0 Å². The van der Waals surface area contributed by atoms with Gasteiger partial charge in [-0.25, -0.2) is 0 Å². The van der Waals surface area contributed by atoms with Gasteiger partial charge >= 0.3 is 5.97 Å². The van der Waals surface area contributed by atoms with E-state index in [1.165, 1.54) is 7.11 Å². The lowest BCUT2D eigenvalue weighted by Gasteiger charge is -2.18. The fourth-order valence-corrected chi connectivity index (χ4v) is 2.33. The van der Waals surface area contributed by atoms with E-state index in [0.29, 0.717) is 6.42 Å². The third-order valence-corrected chi connectivity index (χ3v) is 3.51. The third-order valence-electron chi connectivity index (χ3n) is 3.02. The number of amides is 1. The quantitative estimate of drug-likeness (QED) is 0.553. The van der Waals surface area contributed by atoms with E-state index in [9.17, 15) is 9.59 Å². The number of hydrogen-bond acceptors (Lipinski definition) is 4. The highest BCUT2D eigenvalue weighted by atomic mass is 79.9. The summed E-state index contributed by atoms with van der Waals surface area (Å²) in [7, 11) is 3.19. The van der Waals surface area contributed by atoms with Crippen molar-refractivity contribution < 1.29 is 14.3 Å². The number of carbonyl (C=O) groups excluding carboxylic acids is 2. The Kier molecular flexibility index (Phi) is 8.00. The second kappa shape index (κ2) is 9.52. The lowest BCUT2D eigenvalue weighted by atomic mass is 10.0. The molecule has 0 aliphatic heterocycles. The first-order chi connectivity index (χ1) is 10.1.